The standard InChI is InChI=1S/C52H58N10O4/c1-57-41(29-43-42(13-20-53-49(43)57)39-7-9-44-40(27-39)30-54-56-44)32-60-23-16-35(17-24-60)34-3-5-37(6-4-34)51(65)61-25-14-33(15-26-61)31-59-21-18-36(19-22-59)38-8-10-45-47(28-38)58(2)52(66)62(45)46-11-12-48(63)55-50(46)64/h3-10,13,20,27-30,33,35-36,46H,11-12,14-19,21-26,31-32H2,1-2H3,(H,54,56)(H,55,63,64). The van der Waals surface area contributed by atoms with Gasteiger partial charge >= 0.3 is 5.69 Å². The number of rotatable bonds is 9. The van der Waals surface area contributed by atoms with E-state index in [0.29, 0.717) is 24.2 Å². The highest BCUT2D eigenvalue weighted by Crippen LogP contribution is 2.35. The van der Waals surface area contributed by atoms with Crippen molar-refractivity contribution in [1.29, 1.82) is 0 Å². The van der Waals surface area contributed by atoms with Crippen LogP contribution in [-0.4, -0.2) is 107 Å². The van der Waals surface area contributed by atoms with Gasteiger partial charge in [-0.1, -0.05) is 24.3 Å². The summed E-state index contributed by atoms with van der Waals surface area (Å²) < 4.78 is 5.42. The summed E-state index contributed by atoms with van der Waals surface area (Å²) in [4.78, 5) is 63.3. The highest BCUT2D eigenvalue weighted by molar-refractivity contribution is 6.00. The number of imidazole rings is 1. The number of piperidine rings is 4. The Morgan fingerprint density at radius 2 is 1.45 bits per heavy atom. The molecular weight excluding hydrogens is 829 g/mol. The minimum Gasteiger partial charge on any atom is -0.339 e. The molecule has 8 heterocycles. The fourth-order valence-corrected chi connectivity index (χ4v) is 11.5. The maximum absolute atomic E-state index is 13.7. The number of nitrogens with one attached hydrogen (secondary N) is 2. The lowest BCUT2D eigenvalue weighted by atomic mass is 9.88. The molecule has 0 radical (unpaired) electrons. The van der Waals surface area contributed by atoms with Gasteiger partial charge in [0.25, 0.3) is 5.91 Å². The maximum atomic E-state index is 13.7. The van der Waals surface area contributed by atoms with Crippen molar-refractivity contribution < 1.29 is 14.4 Å². The number of fused-ring (bicyclic) bond motifs is 3. The van der Waals surface area contributed by atoms with Gasteiger partial charge < -0.3 is 14.4 Å². The molecular formula is C52H58N10O4. The predicted octanol–water partition coefficient (Wildman–Crippen LogP) is 6.86. The number of imide groups is 1. The fraction of sp³-hybridized carbons (Fsp3) is 0.423. The molecule has 4 aliphatic rings. The molecule has 4 aliphatic heterocycles. The Bertz CT molecular complexity index is 3030. The second kappa shape index (κ2) is 17.4. The number of pyridine rings is 1. The number of aromatic nitrogens is 6. The zero-order chi connectivity index (χ0) is 45.1. The van der Waals surface area contributed by atoms with Gasteiger partial charge in [0.05, 0.1) is 22.7 Å². The quantitative estimate of drug-likeness (QED) is 0.150. The van der Waals surface area contributed by atoms with E-state index < -0.39 is 11.9 Å². The van der Waals surface area contributed by atoms with Gasteiger partial charge in [-0.2, -0.15) is 5.10 Å². The van der Waals surface area contributed by atoms with Crippen LogP contribution in [0.25, 0.3) is 44.1 Å². The highest BCUT2D eigenvalue weighted by atomic mass is 16.2. The van der Waals surface area contributed by atoms with Crippen LogP contribution in [0.3, 0.4) is 0 Å². The van der Waals surface area contributed by atoms with Crippen LogP contribution in [0, 0.1) is 5.92 Å². The van der Waals surface area contributed by atoms with E-state index in [2.05, 4.69) is 109 Å². The van der Waals surface area contributed by atoms with Crippen molar-refractivity contribution in [3.05, 3.63) is 118 Å². The third kappa shape index (κ3) is 7.93. The Labute approximate surface area is 383 Å². The molecule has 0 aliphatic carbocycles. The van der Waals surface area contributed by atoms with Crippen LogP contribution >= 0.6 is 0 Å². The smallest absolute Gasteiger partial charge is 0.329 e. The van der Waals surface area contributed by atoms with E-state index in [9.17, 15) is 19.2 Å². The largest absolute Gasteiger partial charge is 0.339 e. The average molecular weight is 887 g/mol. The molecule has 0 spiro atoms. The molecule has 4 aromatic heterocycles. The Morgan fingerprint density at radius 3 is 2.21 bits per heavy atom. The van der Waals surface area contributed by atoms with Crippen molar-refractivity contribution in [2.75, 3.05) is 45.8 Å². The Kier molecular flexibility index (Phi) is 11.2. The number of H-pyrrole nitrogens is 1. The minimum atomic E-state index is -0.677. The Morgan fingerprint density at radius 1 is 0.727 bits per heavy atom. The van der Waals surface area contributed by atoms with E-state index >= 15 is 0 Å². The fourth-order valence-electron chi connectivity index (χ4n) is 11.5. The second-order valence-electron chi connectivity index (χ2n) is 19.4. The molecule has 1 atom stereocenters. The van der Waals surface area contributed by atoms with Crippen LogP contribution in [-0.2, 0) is 30.2 Å². The Hall–Kier alpha value is -6.38. The molecule has 3 amide bonds. The summed E-state index contributed by atoms with van der Waals surface area (Å²) >= 11 is 0. The van der Waals surface area contributed by atoms with Gasteiger partial charge in [0.1, 0.15) is 11.7 Å². The lowest BCUT2D eigenvalue weighted by Gasteiger charge is -2.38. The third-order valence-electron chi connectivity index (χ3n) is 15.5. The highest BCUT2D eigenvalue weighted by Gasteiger charge is 2.33. The topological polar surface area (TPSA) is 146 Å². The van der Waals surface area contributed by atoms with E-state index in [4.69, 9.17) is 4.98 Å². The zero-order valence-corrected chi connectivity index (χ0v) is 37.9. The molecule has 4 fully saturated rings. The molecule has 1 unspecified atom stereocenters. The van der Waals surface area contributed by atoms with Crippen molar-refractivity contribution in [3.8, 4) is 11.1 Å². The molecule has 2 N–H and O–H groups in total. The van der Waals surface area contributed by atoms with Crippen molar-refractivity contribution in [2.45, 2.75) is 75.8 Å². The SMILES string of the molecule is Cn1c(CN2CCC(c3ccc(C(=O)N4CCC(CN5CCC(c6ccc7c(c6)n(C)c(=O)n7C6CCC(=O)NC6=O)CC5)CC4)cc3)CC2)cc2c(-c3ccc4[nH]ncc4c3)ccnc21. The first-order valence-electron chi connectivity index (χ1n) is 23.9. The summed E-state index contributed by atoms with van der Waals surface area (Å²) in [6.07, 6.45) is 10.7. The Balaban J connectivity index is 0.639. The molecule has 11 rings (SSSR count). The lowest BCUT2D eigenvalue weighted by Crippen LogP contribution is -2.44. The number of carbonyl (C=O) groups excluding carboxylic acids is 3. The number of carbonyl (C=O) groups is 3. The first-order chi connectivity index (χ1) is 32.1. The monoisotopic (exact) mass is 886 g/mol. The molecule has 14 nitrogen and oxygen atoms in total. The van der Waals surface area contributed by atoms with Crippen LogP contribution in [0.5, 0.6) is 0 Å². The normalized spacial score (nSPS) is 20.0. The average Bonchev–Trinajstić information content (AvgIpc) is 4.02. The number of benzene rings is 3. The first kappa shape index (κ1) is 42.3. The summed E-state index contributed by atoms with van der Waals surface area (Å²) in [5.41, 5.74) is 10.3. The van der Waals surface area contributed by atoms with Crippen molar-refractivity contribution in [2.24, 2.45) is 20.0 Å². The van der Waals surface area contributed by atoms with Crippen molar-refractivity contribution in [1.82, 2.24) is 48.9 Å². The number of nitrogens with zero attached hydrogens (tertiary/aromatic N) is 8. The van der Waals surface area contributed by atoms with Crippen molar-refractivity contribution >= 4 is 50.7 Å². The van der Waals surface area contributed by atoms with Crippen LogP contribution in [0.15, 0.2) is 90.0 Å². The lowest BCUT2D eigenvalue weighted by molar-refractivity contribution is -0.135. The molecule has 0 bridgehead atoms. The molecule has 3 aromatic carbocycles. The van der Waals surface area contributed by atoms with Gasteiger partial charge in [0.2, 0.25) is 11.8 Å². The van der Waals surface area contributed by atoms with Crippen LogP contribution in [0.1, 0.15) is 96.4 Å². The zero-order valence-electron chi connectivity index (χ0n) is 37.9. The van der Waals surface area contributed by atoms with Gasteiger partial charge in [0.15, 0.2) is 0 Å². The van der Waals surface area contributed by atoms with Gasteiger partial charge in [0, 0.05) is 74.9 Å². The van der Waals surface area contributed by atoms with Gasteiger partial charge in [-0.05, 0) is 160 Å². The van der Waals surface area contributed by atoms with Crippen LogP contribution in [0.2, 0.25) is 0 Å². The van der Waals surface area contributed by atoms with Gasteiger partial charge in [-0.3, -0.25) is 38.8 Å². The van der Waals surface area contributed by atoms with E-state index in [-0.39, 0.29) is 23.9 Å². The number of hydrogen-bond donors (Lipinski definition) is 2. The number of aromatic amines is 1. The number of amides is 3. The second-order valence-corrected chi connectivity index (χ2v) is 19.4. The first-order valence-corrected chi connectivity index (χ1v) is 23.9. The molecule has 7 aromatic rings. The van der Waals surface area contributed by atoms with Crippen LogP contribution in [0.4, 0.5) is 0 Å². The third-order valence-corrected chi connectivity index (χ3v) is 15.5. The van der Waals surface area contributed by atoms with Crippen LogP contribution < -0.4 is 11.0 Å². The van der Waals surface area contributed by atoms with E-state index in [1.54, 1.807) is 16.2 Å². The molecule has 340 valence electrons. The molecule has 14 heteroatoms. The number of hydrogen-bond acceptors (Lipinski definition) is 8. The summed E-state index contributed by atoms with van der Waals surface area (Å²) in [6.45, 7) is 7.66. The van der Waals surface area contributed by atoms with E-state index in [0.717, 1.165) is 124 Å². The number of aryl methyl sites for hydroxylation is 2. The maximum Gasteiger partial charge on any atom is 0.329 e. The minimum absolute atomic E-state index is 0.146. The predicted molar refractivity (Wildman–Crippen MR) is 255 cm³/mol. The molecule has 66 heavy (non-hydrogen) atoms. The molecule has 4 saturated heterocycles. The van der Waals surface area contributed by atoms with E-state index in [1.165, 1.54) is 33.3 Å². The number of likely N-dealkylation sites (tertiary alicyclic amines) is 3. The van der Waals surface area contributed by atoms with E-state index in [1.807, 2.05) is 18.5 Å². The molecule has 0 saturated carbocycles. The summed E-state index contributed by atoms with van der Waals surface area (Å²) in [6, 6.07) is 24.9. The summed E-state index contributed by atoms with van der Waals surface area (Å²) in [5, 5.41) is 11.9. The summed E-state index contributed by atoms with van der Waals surface area (Å²) in [7, 11) is 3.88. The van der Waals surface area contributed by atoms with Gasteiger partial charge in [-0.25, -0.2) is 9.78 Å². The summed E-state index contributed by atoms with van der Waals surface area (Å²) in [5.74, 6) is 0.919. The van der Waals surface area contributed by atoms with Crippen molar-refractivity contribution in [3.63, 3.8) is 0 Å². The van der Waals surface area contributed by atoms with Gasteiger partial charge in [-0.15, -0.1) is 0 Å².